The highest BCUT2D eigenvalue weighted by Gasteiger charge is 2.14. The molecule has 134 valence electrons. The first-order valence-electron chi connectivity index (χ1n) is 8.66. The van der Waals surface area contributed by atoms with Crippen molar-refractivity contribution in [1.82, 2.24) is 15.3 Å². The molecular weight excluding hydrogens is 336 g/mol. The summed E-state index contributed by atoms with van der Waals surface area (Å²) in [7, 11) is 0. The van der Waals surface area contributed by atoms with E-state index < -0.39 is 0 Å². The van der Waals surface area contributed by atoms with Crippen molar-refractivity contribution in [3.63, 3.8) is 0 Å². The van der Waals surface area contributed by atoms with Crippen LogP contribution >= 0.6 is 11.6 Å². The van der Waals surface area contributed by atoms with Crippen LogP contribution < -0.4 is 10.2 Å². The van der Waals surface area contributed by atoms with Crippen molar-refractivity contribution >= 4 is 23.3 Å². The molecule has 0 radical (unpaired) electrons. The first-order chi connectivity index (χ1) is 12.0. The minimum Gasteiger partial charge on any atom is -0.357 e. The maximum Gasteiger partial charge on any atom is 0.270 e. The molecule has 0 saturated heterocycles. The molecule has 1 heterocycles. The molecule has 1 aromatic heterocycles. The van der Waals surface area contributed by atoms with Crippen LogP contribution in [0.15, 0.2) is 30.3 Å². The number of halogens is 1. The van der Waals surface area contributed by atoms with E-state index in [4.69, 9.17) is 11.6 Å². The Bertz CT molecular complexity index is 697. The lowest BCUT2D eigenvalue weighted by atomic mass is 10.2. The molecule has 0 spiro atoms. The van der Waals surface area contributed by atoms with Crippen LogP contribution in [-0.2, 0) is 6.54 Å². The number of hydrogen-bond donors (Lipinski definition) is 1. The van der Waals surface area contributed by atoms with Gasteiger partial charge < -0.3 is 10.2 Å². The number of nitrogens with one attached hydrogen (secondary N) is 1. The Labute approximate surface area is 154 Å². The van der Waals surface area contributed by atoms with Crippen molar-refractivity contribution in [3.05, 3.63) is 52.4 Å². The van der Waals surface area contributed by atoms with Crippen molar-refractivity contribution in [3.8, 4) is 0 Å². The lowest BCUT2D eigenvalue weighted by molar-refractivity contribution is 0.0945. The van der Waals surface area contributed by atoms with E-state index in [2.05, 4.69) is 34.0 Å². The third-order valence-corrected chi connectivity index (χ3v) is 3.99. The second-order valence-corrected chi connectivity index (χ2v) is 6.39. The van der Waals surface area contributed by atoms with Gasteiger partial charge >= 0.3 is 0 Å². The number of carbonyl (C=O) groups is 1. The number of carbonyl (C=O) groups excluding carboxylic acids is 1. The first-order valence-corrected chi connectivity index (χ1v) is 9.04. The highest BCUT2D eigenvalue weighted by molar-refractivity contribution is 6.30. The van der Waals surface area contributed by atoms with Gasteiger partial charge in [0.05, 0.1) is 0 Å². The highest BCUT2D eigenvalue weighted by Crippen LogP contribution is 2.14. The SMILES string of the molecule is CCCN(CCC)c1cc(C(=O)NCc2ccc(Cl)cc2)nc(C)n1. The van der Waals surface area contributed by atoms with E-state index in [1.165, 1.54) is 0 Å². The molecule has 0 unspecified atom stereocenters. The molecule has 5 nitrogen and oxygen atoms in total. The lowest BCUT2D eigenvalue weighted by Crippen LogP contribution is -2.28. The average Bonchev–Trinajstić information content (AvgIpc) is 2.60. The van der Waals surface area contributed by atoms with Gasteiger partial charge in [0.2, 0.25) is 0 Å². The van der Waals surface area contributed by atoms with Crippen LogP contribution in [0.25, 0.3) is 0 Å². The van der Waals surface area contributed by atoms with E-state index in [0.29, 0.717) is 23.1 Å². The lowest BCUT2D eigenvalue weighted by Gasteiger charge is -2.23. The molecule has 0 atom stereocenters. The fraction of sp³-hybridized carbons (Fsp3) is 0.421. The van der Waals surface area contributed by atoms with Crippen molar-refractivity contribution in [2.45, 2.75) is 40.2 Å². The molecular formula is C19H25ClN4O. The van der Waals surface area contributed by atoms with Gasteiger partial charge in [0.25, 0.3) is 5.91 Å². The number of aryl methyl sites for hydroxylation is 1. The summed E-state index contributed by atoms with van der Waals surface area (Å²) >= 11 is 5.88. The van der Waals surface area contributed by atoms with Gasteiger partial charge in [0.1, 0.15) is 17.3 Å². The van der Waals surface area contributed by atoms with Crippen LogP contribution in [0, 0.1) is 6.92 Å². The van der Waals surface area contributed by atoms with Crippen molar-refractivity contribution in [1.29, 1.82) is 0 Å². The molecule has 2 aromatic rings. The minimum atomic E-state index is -0.199. The predicted octanol–water partition coefficient (Wildman–Crippen LogP) is 3.99. The normalized spacial score (nSPS) is 10.6. The van der Waals surface area contributed by atoms with Crippen LogP contribution in [0.2, 0.25) is 5.02 Å². The van der Waals surface area contributed by atoms with E-state index in [9.17, 15) is 4.79 Å². The maximum absolute atomic E-state index is 12.5. The van der Waals surface area contributed by atoms with Crippen molar-refractivity contribution in [2.75, 3.05) is 18.0 Å². The Balaban J connectivity index is 2.11. The van der Waals surface area contributed by atoms with Crippen LogP contribution in [0.5, 0.6) is 0 Å². The van der Waals surface area contributed by atoms with Gasteiger partial charge in [-0.25, -0.2) is 9.97 Å². The summed E-state index contributed by atoms with van der Waals surface area (Å²) in [5, 5.41) is 3.58. The molecule has 0 saturated carbocycles. The van der Waals surface area contributed by atoms with Gasteiger partial charge in [0, 0.05) is 30.7 Å². The second kappa shape index (κ2) is 9.37. The Morgan fingerprint density at radius 3 is 2.36 bits per heavy atom. The Morgan fingerprint density at radius 2 is 1.76 bits per heavy atom. The monoisotopic (exact) mass is 360 g/mol. The third kappa shape index (κ3) is 5.71. The minimum absolute atomic E-state index is 0.199. The van der Waals surface area contributed by atoms with Crippen LogP contribution in [0.4, 0.5) is 5.82 Å². The third-order valence-electron chi connectivity index (χ3n) is 3.73. The number of rotatable bonds is 8. The van der Waals surface area contributed by atoms with Crippen LogP contribution in [0.3, 0.4) is 0 Å². The summed E-state index contributed by atoms with van der Waals surface area (Å²) < 4.78 is 0. The van der Waals surface area contributed by atoms with Gasteiger partial charge in [-0.15, -0.1) is 0 Å². The highest BCUT2D eigenvalue weighted by atomic mass is 35.5. The number of anilines is 1. The largest absolute Gasteiger partial charge is 0.357 e. The summed E-state index contributed by atoms with van der Waals surface area (Å²) in [6.45, 7) is 8.34. The maximum atomic E-state index is 12.5. The van der Waals surface area contributed by atoms with Crippen LogP contribution in [-0.4, -0.2) is 29.0 Å². The zero-order valence-electron chi connectivity index (χ0n) is 15.1. The van der Waals surface area contributed by atoms with Gasteiger partial charge in [-0.05, 0) is 37.5 Å². The molecule has 1 aromatic carbocycles. The van der Waals surface area contributed by atoms with E-state index in [1.54, 1.807) is 6.07 Å². The second-order valence-electron chi connectivity index (χ2n) is 5.95. The Hall–Kier alpha value is -2.14. The van der Waals surface area contributed by atoms with Crippen LogP contribution in [0.1, 0.15) is 48.6 Å². The Morgan fingerprint density at radius 1 is 1.12 bits per heavy atom. The topological polar surface area (TPSA) is 58.1 Å². The summed E-state index contributed by atoms with van der Waals surface area (Å²) in [6, 6.07) is 9.18. The number of nitrogens with zero attached hydrogens (tertiary/aromatic N) is 3. The summed E-state index contributed by atoms with van der Waals surface area (Å²) in [6.07, 6.45) is 2.06. The summed E-state index contributed by atoms with van der Waals surface area (Å²) in [5.41, 5.74) is 1.39. The molecule has 1 N–H and O–H groups in total. The standard InChI is InChI=1S/C19H25ClN4O/c1-4-10-24(11-5-2)18-12-17(22-14(3)23-18)19(25)21-13-15-6-8-16(20)9-7-15/h6-9,12H,4-5,10-11,13H2,1-3H3,(H,21,25). The van der Waals surface area contributed by atoms with E-state index in [-0.39, 0.29) is 5.91 Å². The number of hydrogen-bond acceptors (Lipinski definition) is 4. The van der Waals surface area contributed by atoms with Gasteiger partial charge in [-0.2, -0.15) is 0 Å². The van der Waals surface area contributed by atoms with Gasteiger partial charge in [-0.1, -0.05) is 37.6 Å². The van der Waals surface area contributed by atoms with E-state index in [1.807, 2.05) is 31.2 Å². The van der Waals surface area contributed by atoms with Gasteiger partial charge in [-0.3, -0.25) is 4.79 Å². The average molecular weight is 361 g/mol. The zero-order valence-corrected chi connectivity index (χ0v) is 15.8. The molecule has 6 heteroatoms. The Kier molecular flexibility index (Phi) is 7.19. The molecule has 0 fully saturated rings. The van der Waals surface area contributed by atoms with E-state index >= 15 is 0 Å². The quantitative estimate of drug-likeness (QED) is 0.773. The molecule has 1 amide bonds. The molecule has 0 aliphatic rings. The smallest absolute Gasteiger partial charge is 0.270 e. The van der Waals surface area contributed by atoms with Crippen molar-refractivity contribution < 1.29 is 4.79 Å². The molecule has 2 rings (SSSR count). The van der Waals surface area contributed by atoms with Gasteiger partial charge in [0.15, 0.2) is 0 Å². The molecule has 25 heavy (non-hydrogen) atoms. The summed E-state index contributed by atoms with van der Waals surface area (Å²) in [4.78, 5) is 23.5. The van der Waals surface area contributed by atoms with Crippen molar-refractivity contribution in [2.24, 2.45) is 0 Å². The zero-order chi connectivity index (χ0) is 18.2. The number of amides is 1. The fourth-order valence-corrected chi connectivity index (χ4v) is 2.71. The fourth-order valence-electron chi connectivity index (χ4n) is 2.59. The number of aromatic nitrogens is 2. The van der Waals surface area contributed by atoms with E-state index in [0.717, 1.165) is 37.3 Å². The molecule has 0 bridgehead atoms. The summed E-state index contributed by atoms with van der Waals surface area (Å²) in [5.74, 6) is 1.22. The predicted molar refractivity (Wildman–Crippen MR) is 102 cm³/mol. The molecule has 0 aliphatic carbocycles. The first kappa shape index (κ1) is 19.2. The molecule has 0 aliphatic heterocycles. The number of benzene rings is 1.